The van der Waals surface area contributed by atoms with Gasteiger partial charge < -0.3 is 24.8 Å². The third-order valence-electron chi connectivity index (χ3n) is 7.02. The molecular weight excluding hydrogens is 460 g/mol. The monoisotopic (exact) mass is 494 g/mol. The molecule has 0 radical (unpaired) electrons. The average molecular weight is 495 g/mol. The van der Waals surface area contributed by atoms with Crippen molar-refractivity contribution in [2.24, 2.45) is 5.92 Å². The summed E-state index contributed by atoms with van der Waals surface area (Å²) < 4.78 is 16.1. The molecule has 1 saturated carbocycles. The first kappa shape index (κ1) is 25.5. The van der Waals surface area contributed by atoms with Crippen molar-refractivity contribution < 1.29 is 28.6 Å². The van der Waals surface area contributed by atoms with Gasteiger partial charge in [0.2, 0.25) is 5.91 Å². The van der Waals surface area contributed by atoms with E-state index in [1.165, 1.54) is 25.8 Å². The lowest BCUT2D eigenvalue weighted by Gasteiger charge is -2.26. The Labute approximate surface area is 211 Å². The van der Waals surface area contributed by atoms with Gasteiger partial charge in [-0.1, -0.05) is 43.5 Å². The molecule has 0 aromatic heterocycles. The van der Waals surface area contributed by atoms with Gasteiger partial charge in [0.1, 0.15) is 0 Å². The van der Waals surface area contributed by atoms with Crippen LogP contribution in [0.25, 0.3) is 0 Å². The molecule has 0 aliphatic heterocycles. The molecule has 2 amide bonds. The zero-order valence-corrected chi connectivity index (χ0v) is 20.9. The fourth-order valence-electron chi connectivity index (χ4n) is 5.10. The van der Waals surface area contributed by atoms with Crippen molar-refractivity contribution in [2.75, 3.05) is 26.1 Å². The third-order valence-corrected chi connectivity index (χ3v) is 7.02. The standard InChI is InChI=1S/C28H34N2O6/c1-34-24-15-21(23(16-25(24)35-2)30-27(32)19-10-4-3-5-11-19)28(33)36-17-26(31)29-22-14-8-12-18-9-6-7-13-20(18)22/h6-7,9,13,15-16,19,22H,3-5,8,10-12,14,17H2,1-2H3,(H,29,31)(H,30,32). The fraction of sp³-hybridized carbons (Fsp3) is 0.464. The van der Waals surface area contributed by atoms with Gasteiger partial charge in [-0.2, -0.15) is 0 Å². The number of hydrogen-bond donors (Lipinski definition) is 2. The first-order valence-electron chi connectivity index (χ1n) is 12.6. The van der Waals surface area contributed by atoms with Gasteiger partial charge >= 0.3 is 5.97 Å². The number of nitrogens with one attached hydrogen (secondary N) is 2. The predicted molar refractivity (Wildman–Crippen MR) is 135 cm³/mol. The smallest absolute Gasteiger partial charge is 0.340 e. The summed E-state index contributed by atoms with van der Waals surface area (Å²) >= 11 is 0. The van der Waals surface area contributed by atoms with Crippen molar-refractivity contribution in [1.82, 2.24) is 5.32 Å². The van der Waals surface area contributed by atoms with Crippen LogP contribution in [0.5, 0.6) is 11.5 Å². The second-order valence-corrected chi connectivity index (χ2v) is 9.36. The highest BCUT2D eigenvalue weighted by Gasteiger charge is 2.26. The predicted octanol–water partition coefficient (Wildman–Crippen LogP) is 4.57. The molecule has 2 aliphatic rings. The third kappa shape index (κ3) is 5.98. The highest BCUT2D eigenvalue weighted by atomic mass is 16.5. The van der Waals surface area contributed by atoms with E-state index in [0.717, 1.165) is 56.9 Å². The Hall–Kier alpha value is -3.55. The Morgan fingerprint density at radius 1 is 0.917 bits per heavy atom. The number of methoxy groups -OCH3 is 2. The zero-order valence-electron chi connectivity index (χ0n) is 20.9. The Morgan fingerprint density at radius 3 is 2.39 bits per heavy atom. The molecular formula is C28H34N2O6. The van der Waals surface area contributed by atoms with Crippen LogP contribution >= 0.6 is 0 Å². The molecule has 0 heterocycles. The summed E-state index contributed by atoms with van der Waals surface area (Å²) in [7, 11) is 2.94. The Balaban J connectivity index is 1.45. The Bertz CT molecular complexity index is 1110. The van der Waals surface area contributed by atoms with Crippen molar-refractivity contribution in [3.8, 4) is 11.5 Å². The zero-order chi connectivity index (χ0) is 25.5. The molecule has 0 bridgehead atoms. The van der Waals surface area contributed by atoms with Gasteiger partial charge in [0.15, 0.2) is 18.1 Å². The summed E-state index contributed by atoms with van der Waals surface area (Å²) in [6.45, 7) is -0.429. The summed E-state index contributed by atoms with van der Waals surface area (Å²) in [6, 6.07) is 11.0. The van der Waals surface area contributed by atoms with Crippen LogP contribution in [0.4, 0.5) is 5.69 Å². The van der Waals surface area contributed by atoms with Crippen molar-refractivity contribution in [2.45, 2.75) is 57.4 Å². The normalized spacial score (nSPS) is 17.4. The lowest BCUT2D eigenvalue weighted by atomic mass is 9.88. The van der Waals surface area contributed by atoms with Crippen LogP contribution in [0.15, 0.2) is 36.4 Å². The maximum Gasteiger partial charge on any atom is 0.340 e. The molecule has 2 N–H and O–H groups in total. The van der Waals surface area contributed by atoms with Crippen molar-refractivity contribution in [3.05, 3.63) is 53.1 Å². The number of hydrogen-bond acceptors (Lipinski definition) is 6. The molecule has 2 aliphatic carbocycles. The number of benzene rings is 2. The highest BCUT2D eigenvalue weighted by Crippen LogP contribution is 2.35. The summed E-state index contributed by atoms with van der Waals surface area (Å²) in [4.78, 5) is 38.6. The van der Waals surface area contributed by atoms with Gasteiger partial charge in [-0.3, -0.25) is 9.59 Å². The molecule has 0 spiro atoms. The number of carbonyl (C=O) groups excluding carboxylic acids is 3. The van der Waals surface area contributed by atoms with Gasteiger partial charge in [0.25, 0.3) is 5.91 Å². The summed E-state index contributed by atoms with van der Waals surface area (Å²) in [5, 5.41) is 5.86. The summed E-state index contributed by atoms with van der Waals surface area (Å²) in [5.74, 6) is -0.637. The van der Waals surface area contributed by atoms with E-state index in [1.807, 2.05) is 18.2 Å². The second kappa shape index (κ2) is 11.9. The Morgan fingerprint density at radius 2 is 1.64 bits per heavy atom. The molecule has 8 heteroatoms. The van der Waals surface area contributed by atoms with Gasteiger partial charge in [0.05, 0.1) is 31.5 Å². The maximum atomic E-state index is 13.0. The van der Waals surface area contributed by atoms with E-state index in [4.69, 9.17) is 14.2 Å². The van der Waals surface area contributed by atoms with Crippen molar-refractivity contribution in [1.29, 1.82) is 0 Å². The first-order valence-corrected chi connectivity index (χ1v) is 12.6. The van der Waals surface area contributed by atoms with Crippen LogP contribution in [0, 0.1) is 5.92 Å². The minimum atomic E-state index is -0.728. The number of esters is 1. The molecule has 2 aromatic rings. The quantitative estimate of drug-likeness (QED) is 0.521. The second-order valence-electron chi connectivity index (χ2n) is 9.36. The molecule has 4 rings (SSSR count). The lowest BCUT2D eigenvalue weighted by Crippen LogP contribution is -2.34. The SMILES string of the molecule is COc1cc(NC(=O)C2CCCCC2)c(C(=O)OCC(=O)NC2CCCc3ccccc32)cc1OC. The molecule has 1 unspecified atom stereocenters. The largest absolute Gasteiger partial charge is 0.493 e. The van der Waals surface area contributed by atoms with E-state index >= 15 is 0 Å². The van der Waals surface area contributed by atoms with Gasteiger partial charge in [-0.05, 0) is 43.2 Å². The first-order chi connectivity index (χ1) is 17.5. The van der Waals surface area contributed by atoms with E-state index in [-0.39, 0.29) is 35.0 Å². The van der Waals surface area contributed by atoms with Crippen LogP contribution < -0.4 is 20.1 Å². The van der Waals surface area contributed by atoms with Crippen LogP contribution in [-0.2, 0) is 20.7 Å². The van der Waals surface area contributed by atoms with E-state index in [0.29, 0.717) is 11.5 Å². The van der Waals surface area contributed by atoms with Gasteiger partial charge in [-0.25, -0.2) is 4.79 Å². The van der Waals surface area contributed by atoms with Crippen molar-refractivity contribution >= 4 is 23.5 Å². The molecule has 0 saturated heterocycles. The lowest BCUT2D eigenvalue weighted by molar-refractivity contribution is -0.125. The number of aryl methyl sites for hydroxylation is 1. The fourth-order valence-corrected chi connectivity index (χ4v) is 5.10. The molecule has 192 valence electrons. The number of rotatable bonds is 8. The van der Waals surface area contributed by atoms with Gasteiger partial charge in [0, 0.05) is 18.1 Å². The minimum Gasteiger partial charge on any atom is -0.493 e. The van der Waals surface area contributed by atoms with Crippen molar-refractivity contribution in [3.63, 3.8) is 0 Å². The van der Waals surface area contributed by atoms with E-state index in [1.54, 1.807) is 6.07 Å². The topological polar surface area (TPSA) is 103 Å². The molecule has 36 heavy (non-hydrogen) atoms. The number of carbonyl (C=O) groups is 3. The molecule has 1 fully saturated rings. The Kier molecular flexibility index (Phi) is 8.46. The van der Waals surface area contributed by atoms with Crippen LogP contribution in [0.2, 0.25) is 0 Å². The molecule has 8 nitrogen and oxygen atoms in total. The van der Waals surface area contributed by atoms with Gasteiger partial charge in [-0.15, -0.1) is 0 Å². The van der Waals surface area contributed by atoms with E-state index in [9.17, 15) is 14.4 Å². The van der Waals surface area contributed by atoms with Crippen LogP contribution in [-0.4, -0.2) is 38.6 Å². The summed E-state index contributed by atoms with van der Waals surface area (Å²) in [6.07, 6.45) is 7.62. The number of fused-ring (bicyclic) bond motifs is 1. The summed E-state index contributed by atoms with van der Waals surface area (Å²) in [5.41, 5.74) is 2.72. The van der Waals surface area contributed by atoms with Crippen LogP contribution in [0.3, 0.4) is 0 Å². The minimum absolute atomic E-state index is 0.0973. The maximum absolute atomic E-state index is 13.0. The molecule has 1 atom stereocenters. The average Bonchev–Trinajstić information content (AvgIpc) is 2.92. The number of ether oxygens (including phenoxy) is 3. The van der Waals surface area contributed by atoms with E-state index < -0.39 is 12.6 Å². The van der Waals surface area contributed by atoms with Crippen LogP contribution in [0.1, 0.15) is 72.5 Å². The number of amides is 2. The molecule has 2 aromatic carbocycles. The number of anilines is 1. The van der Waals surface area contributed by atoms with E-state index in [2.05, 4.69) is 16.7 Å². The highest BCUT2D eigenvalue weighted by molar-refractivity contribution is 6.03.